The lowest BCUT2D eigenvalue weighted by atomic mass is 10.1. The number of halogens is 1. The Balaban J connectivity index is 1.65. The largest absolute Gasteiger partial charge is 0.390 e. The number of benzene rings is 1. The van der Waals surface area contributed by atoms with E-state index in [1.807, 2.05) is 31.2 Å². The van der Waals surface area contributed by atoms with Crippen molar-refractivity contribution in [2.75, 3.05) is 11.1 Å². The van der Waals surface area contributed by atoms with Gasteiger partial charge in [-0.25, -0.2) is 4.98 Å². The maximum atomic E-state index is 10.2. The highest BCUT2D eigenvalue weighted by Crippen LogP contribution is 2.39. The van der Waals surface area contributed by atoms with Gasteiger partial charge in [0.25, 0.3) is 0 Å². The smallest absolute Gasteiger partial charge is 0.203 e. The summed E-state index contributed by atoms with van der Waals surface area (Å²) in [5, 5.41) is 32.2. The second kappa shape index (κ2) is 7.03. The first-order chi connectivity index (χ1) is 12.5. The summed E-state index contributed by atoms with van der Waals surface area (Å²) in [6, 6.07) is 7.61. The highest BCUT2D eigenvalue weighted by atomic mass is 35.5. The fourth-order valence-corrected chi connectivity index (χ4v) is 4.52. The average Bonchev–Trinajstić information content (AvgIpc) is 3.19. The van der Waals surface area contributed by atoms with E-state index in [-0.39, 0.29) is 11.3 Å². The minimum Gasteiger partial charge on any atom is -0.390 e. The summed E-state index contributed by atoms with van der Waals surface area (Å²) in [5.74, 6) is 1.68. The summed E-state index contributed by atoms with van der Waals surface area (Å²) >= 11 is 7.54. The molecule has 1 fully saturated rings. The number of aromatic nitrogens is 4. The number of aliphatic hydroxyl groups excluding tert-OH is 2. The van der Waals surface area contributed by atoms with Gasteiger partial charge in [0.2, 0.25) is 5.65 Å². The Morgan fingerprint density at radius 3 is 2.92 bits per heavy atom. The predicted molar refractivity (Wildman–Crippen MR) is 101 cm³/mol. The number of fused-ring (bicyclic) bond motifs is 1. The molecule has 0 radical (unpaired) electrons. The molecule has 0 spiro atoms. The van der Waals surface area contributed by atoms with Gasteiger partial charge in [-0.2, -0.15) is 0 Å². The first-order valence-corrected chi connectivity index (χ1v) is 9.66. The minimum atomic E-state index is -0.859. The highest BCUT2D eigenvalue weighted by Gasteiger charge is 2.38. The van der Waals surface area contributed by atoms with Gasteiger partial charge in [-0.1, -0.05) is 23.7 Å². The van der Waals surface area contributed by atoms with E-state index in [1.54, 1.807) is 16.8 Å². The molecule has 0 aliphatic carbocycles. The average molecular weight is 392 g/mol. The van der Waals surface area contributed by atoms with Gasteiger partial charge in [0.15, 0.2) is 11.6 Å². The molecule has 0 amide bonds. The molecule has 3 aromatic rings. The SMILES string of the molecule is CC(Nc1nccn2c([C@@H]3SC[C@@H](O)[C@H]3O)nnc12)c1cccc(Cl)c1. The lowest BCUT2D eigenvalue weighted by molar-refractivity contribution is 0.0404. The molecular weight excluding hydrogens is 374 g/mol. The van der Waals surface area contributed by atoms with Gasteiger partial charge in [0, 0.05) is 23.2 Å². The van der Waals surface area contributed by atoms with Crippen LogP contribution in [0.2, 0.25) is 5.02 Å². The normalized spacial score (nSPS) is 24.1. The zero-order chi connectivity index (χ0) is 18.3. The number of anilines is 1. The van der Waals surface area contributed by atoms with Crippen LogP contribution in [0, 0.1) is 0 Å². The Morgan fingerprint density at radius 2 is 2.19 bits per heavy atom. The molecule has 0 bridgehead atoms. The van der Waals surface area contributed by atoms with E-state index in [2.05, 4.69) is 20.5 Å². The summed E-state index contributed by atoms with van der Waals surface area (Å²) in [7, 11) is 0. The Hall–Kier alpha value is -1.87. The van der Waals surface area contributed by atoms with Crippen molar-refractivity contribution in [1.29, 1.82) is 0 Å². The number of aliphatic hydroxyl groups is 2. The molecular formula is C17H18ClN5O2S. The van der Waals surface area contributed by atoms with Crippen LogP contribution in [0.3, 0.4) is 0 Å². The zero-order valence-electron chi connectivity index (χ0n) is 14.0. The molecule has 1 aliphatic rings. The number of thioether (sulfide) groups is 1. The summed E-state index contributed by atoms with van der Waals surface area (Å²) in [4.78, 5) is 4.38. The Morgan fingerprint density at radius 1 is 1.35 bits per heavy atom. The van der Waals surface area contributed by atoms with Crippen molar-refractivity contribution >= 4 is 34.8 Å². The minimum absolute atomic E-state index is 0.0270. The van der Waals surface area contributed by atoms with Crippen molar-refractivity contribution in [2.24, 2.45) is 0 Å². The number of hydrogen-bond acceptors (Lipinski definition) is 7. The molecule has 0 saturated carbocycles. The fourth-order valence-electron chi connectivity index (χ4n) is 3.03. The van der Waals surface area contributed by atoms with Gasteiger partial charge >= 0.3 is 0 Å². The van der Waals surface area contributed by atoms with Crippen LogP contribution in [0.5, 0.6) is 0 Å². The summed E-state index contributed by atoms with van der Waals surface area (Å²) in [5.41, 5.74) is 1.61. The second-order valence-corrected chi connectivity index (χ2v) is 7.87. The molecule has 3 heterocycles. The summed E-state index contributed by atoms with van der Waals surface area (Å²) in [6.45, 7) is 2.01. The topological polar surface area (TPSA) is 95.6 Å². The Kier molecular flexibility index (Phi) is 4.74. The van der Waals surface area contributed by atoms with E-state index in [1.165, 1.54) is 11.8 Å². The molecule has 9 heteroatoms. The van der Waals surface area contributed by atoms with E-state index in [9.17, 15) is 10.2 Å². The molecule has 26 heavy (non-hydrogen) atoms. The maximum absolute atomic E-state index is 10.2. The molecule has 1 aromatic carbocycles. The summed E-state index contributed by atoms with van der Waals surface area (Å²) < 4.78 is 1.80. The predicted octanol–water partition coefficient (Wildman–Crippen LogP) is 2.46. The summed E-state index contributed by atoms with van der Waals surface area (Å²) in [6.07, 6.45) is 1.81. The first-order valence-electron chi connectivity index (χ1n) is 8.24. The van der Waals surface area contributed by atoms with Gasteiger partial charge in [0.1, 0.15) is 0 Å². The van der Waals surface area contributed by atoms with Crippen molar-refractivity contribution in [2.45, 2.75) is 30.4 Å². The van der Waals surface area contributed by atoms with Gasteiger partial charge in [-0.3, -0.25) is 4.40 Å². The van der Waals surface area contributed by atoms with Crippen LogP contribution in [-0.4, -0.2) is 47.8 Å². The molecule has 136 valence electrons. The maximum Gasteiger partial charge on any atom is 0.203 e. The zero-order valence-corrected chi connectivity index (χ0v) is 15.5. The molecule has 1 saturated heterocycles. The Labute approximate surface area is 159 Å². The third-order valence-electron chi connectivity index (χ3n) is 4.46. The van der Waals surface area contributed by atoms with Crippen LogP contribution in [0.1, 0.15) is 29.6 Å². The molecule has 7 nitrogen and oxygen atoms in total. The molecule has 4 rings (SSSR count). The number of rotatable bonds is 4. The van der Waals surface area contributed by atoms with E-state index in [0.29, 0.717) is 28.1 Å². The lowest BCUT2D eigenvalue weighted by Gasteiger charge is -2.16. The first kappa shape index (κ1) is 17.5. The monoisotopic (exact) mass is 391 g/mol. The Bertz CT molecular complexity index is 936. The van der Waals surface area contributed by atoms with Gasteiger partial charge in [-0.15, -0.1) is 22.0 Å². The van der Waals surface area contributed by atoms with E-state index in [0.717, 1.165) is 5.56 Å². The van der Waals surface area contributed by atoms with Gasteiger partial charge in [-0.05, 0) is 24.6 Å². The van der Waals surface area contributed by atoms with Crippen molar-refractivity contribution in [1.82, 2.24) is 19.6 Å². The van der Waals surface area contributed by atoms with Crippen molar-refractivity contribution < 1.29 is 10.2 Å². The number of nitrogens with one attached hydrogen (secondary N) is 1. The van der Waals surface area contributed by atoms with Gasteiger partial charge < -0.3 is 15.5 Å². The molecule has 2 aromatic heterocycles. The van der Waals surface area contributed by atoms with Crippen molar-refractivity contribution in [3.8, 4) is 0 Å². The van der Waals surface area contributed by atoms with Gasteiger partial charge in [0.05, 0.1) is 23.5 Å². The van der Waals surface area contributed by atoms with Crippen molar-refractivity contribution in [3.05, 3.63) is 53.1 Å². The standard InChI is InChI=1S/C17H18ClN5O2S/c1-9(10-3-2-4-11(18)7-10)20-15-17-22-21-16(23(17)6-5-19-15)14-13(25)12(24)8-26-14/h2-7,9,12-14,24-25H,8H2,1H3,(H,19,20)/t9?,12-,13-,14-/m1/s1. The van der Waals surface area contributed by atoms with E-state index < -0.39 is 12.2 Å². The molecule has 3 N–H and O–H groups in total. The molecule has 1 unspecified atom stereocenters. The van der Waals surface area contributed by atoms with Crippen LogP contribution in [0.4, 0.5) is 5.82 Å². The van der Waals surface area contributed by atoms with Crippen molar-refractivity contribution in [3.63, 3.8) is 0 Å². The van der Waals surface area contributed by atoms with E-state index in [4.69, 9.17) is 11.6 Å². The van der Waals surface area contributed by atoms with Crippen LogP contribution < -0.4 is 5.32 Å². The van der Waals surface area contributed by atoms with Crippen LogP contribution in [-0.2, 0) is 0 Å². The van der Waals surface area contributed by atoms with Crippen LogP contribution in [0.25, 0.3) is 5.65 Å². The fraction of sp³-hybridized carbons (Fsp3) is 0.353. The lowest BCUT2D eigenvalue weighted by Crippen LogP contribution is -2.25. The quantitative estimate of drug-likeness (QED) is 0.628. The van der Waals surface area contributed by atoms with Crippen LogP contribution >= 0.6 is 23.4 Å². The molecule has 4 atom stereocenters. The molecule has 1 aliphatic heterocycles. The van der Waals surface area contributed by atoms with Crippen LogP contribution in [0.15, 0.2) is 36.7 Å². The number of hydrogen-bond donors (Lipinski definition) is 3. The highest BCUT2D eigenvalue weighted by molar-refractivity contribution is 7.99. The third kappa shape index (κ3) is 3.14. The second-order valence-electron chi connectivity index (χ2n) is 6.26. The third-order valence-corrected chi connectivity index (χ3v) is 6.08. The van der Waals surface area contributed by atoms with E-state index >= 15 is 0 Å². The number of nitrogens with zero attached hydrogens (tertiary/aromatic N) is 4.